The summed E-state index contributed by atoms with van der Waals surface area (Å²) in [5.74, 6) is 1.09. The molecule has 0 saturated heterocycles. The third-order valence-corrected chi connectivity index (χ3v) is 6.42. The Morgan fingerprint density at radius 1 is 1.24 bits per heavy atom. The lowest BCUT2D eigenvalue weighted by atomic mass is 9.93. The Kier molecular flexibility index (Phi) is 4.91. The van der Waals surface area contributed by atoms with Crippen LogP contribution in [0.2, 0.25) is 0 Å². The smallest absolute Gasteiger partial charge is 0.237 e. The van der Waals surface area contributed by atoms with Gasteiger partial charge in [-0.05, 0) is 54.3 Å². The second-order valence-electron chi connectivity index (χ2n) is 7.22. The third kappa shape index (κ3) is 3.65. The molecular formula is C21H26N2OS. The molecule has 2 aromatic rings. The van der Waals surface area contributed by atoms with E-state index in [1.54, 1.807) is 0 Å². The average Bonchev–Trinajstić information content (AvgIpc) is 3.33. The normalized spacial score (nSPS) is 19.9. The van der Waals surface area contributed by atoms with Gasteiger partial charge in [0.2, 0.25) is 5.91 Å². The van der Waals surface area contributed by atoms with Crippen LogP contribution >= 0.6 is 11.3 Å². The van der Waals surface area contributed by atoms with Gasteiger partial charge in [0.05, 0.1) is 12.6 Å². The minimum atomic E-state index is 0.0725. The molecule has 0 radical (unpaired) electrons. The first-order valence-electron chi connectivity index (χ1n) is 9.39. The number of carbonyl (C=O) groups excluding carboxylic acids is 1. The molecule has 1 aliphatic heterocycles. The lowest BCUT2D eigenvalue weighted by Gasteiger charge is -2.37. The van der Waals surface area contributed by atoms with Crippen LogP contribution in [-0.2, 0) is 11.2 Å². The van der Waals surface area contributed by atoms with E-state index in [0.717, 1.165) is 32.0 Å². The van der Waals surface area contributed by atoms with E-state index < -0.39 is 0 Å². The lowest BCUT2D eigenvalue weighted by molar-refractivity contribution is -0.134. The fourth-order valence-corrected chi connectivity index (χ4v) is 4.74. The summed E-state index contributed by atoms with van der Waals surface area (Å²) in [4.78, 5) is 19.0. The monoisotopic (exact) mass is 354 g/mol. The number of likely N-dealkylation sites (N-methyl/N-ethyl adjacent to an activating group) is 1. The van der Waals surface area contributed by atoms with Crippen molar-refractivity contribution in [2.75, 3.05) is 26.2 Å². The molecule has 1 saturated carbocycles. The molecule has 0 spiro atoms. The van der Waals surface area contributed by atoms with Gasteiger partial charge >= 0.3 is 0 Å². The molecular weight excluding hydrogens is 328 g/mol. The highest BCUT2D eigenvalue weighted by molar-refractivity contribution is 7.10. The summed E-state index contributed by atoms with van der Waals surface area (Å²) in [6, 6.07) is 12.8. The highest BCUT2D eigenvalue weighted by Gasteiger charge is 2.33. The van der Waals surface area contributed by atoms with Crippen molar-refractivity contribution in [2.24, 2.45) is 5.92 Å². The Morgan fingerprint density at radius 3 is 2.76 bits per heavy atom. The minimum absolute atomic E-state index is 0.0725. The van der Waals surface area contributed by atoms with Crippen molar-refractivity contribution in [1.82, 2.24) is 9.80 Å². The molecule has 0 bridgehead atoms. The molecule has 2 aliphatic rings. The number of carbonyl (C=O) groups is 1. The summed E-state index contributed by atoms with van der Waals surface area (Å²) < 4.78 is 0. The number of benzene rings is 1. The summed E-state index contributed by atoms with van der Waals surface area (Å²) in [6.07, 6.45) is 3.65. The van der Waals surface area contributed by atoms with Crippen molar-refractivity contribution in [3.05, 3.63) is 57.8 Å². The first-order valence-corrected chi connectivity index (χ1v) is 10.3. The molecule has 2 heterocycles. The number of amides is 1. The van der Waals surface area contributed by atoms with Crippen molar-refractivity contribution >= 4 is 17.2 Å². The molecule has 1 aromatic heterocycles. The fraction of sp³-hybridized carbons (Fsp3) is 0.476. The standard InChI is InChI=1S/C21H26N2OS/c1-2-22(14-16-8-9-16)15-20(24)23-12-10-19-18(11-13-25-19)21(23)17-6-4-3-5-7-17/h3-7,11,13,16,21H,2,8-10,12,14-15H2,1H3. The zero-order chi connectivity index (χ0) is 17.2. The molecule has 1 unspecified atom stereocenters. The van der Waals surface area contributed by atoms with Gasteiger partial charge in [0.1, 0.15) is 0 Å². The minimum Gasteiger partial charge on any atom is -0.330 e. The Labute approximate surface area is 154 Å². The van der Waals surface area contributed by atoms with E-state index in [2.05, 4.69) is 52.4 Å². The zero-order valence-electron chi connectivity index (χ0n) is 14.9. The summed E-state index contributed by atoms with van der Waals surface area (Å²) in [7, 11) is 0. The summed E-state index contributed by atoms with van der Waals surface area (Å²) in [5, 5.41) is 2.17. The predicted molar refractivity (Wildman–Crippen MR) is 103 cm³/mol. The van der Waals surface area contributed by atoms with E-state index in [1.807, 2.05) is 17.4 Å². The van der Waals surface area contributed by atoms with Gasteiger partial charge in [-0.3, -0.25) is 9.69 Å². The number of hydrogen-bond donors (Lipinski definition) is 0. The van der Waals surface area contributed by atoms with Crippen molar-refractivity contribution in [1.29, 1.82) is 0 Å². The van der Waals surface area contributed by atoms with E-state index in [1.165, 1.54) is 28.8 Å². The van der Waals surface area contributed by atoms with Gasteiger partial charge in [0, 0.05) is 18.0 Å². The Balaban J connectivity index is 1.57. The molecule has 1 amide bonds. The fourth-order valence-electron chi connectivity index (χ4n) is 3.83. The van der Waals surface area contributed by atoms with E-state index >= 15 is 0 Å². The first kappa shape index (κ1) is 16.8. The maximum Gasteiger partial charge on any atom is 0.237 e. The van der Waals surface area contributed by atoms with Crippen LogP contribution in [0.4, 0.5) is 0 Å². The van der Waals surface area contributed by atoms with Gasteiger partial charge in [-0.1, -0.05) is 37.3 Å². The largest absolute Gasteiger partial charge is 0.330 e. The maximum absolute atomic E-state index is 13.2. The van der Waals surface area contributed by atoms with Gasteiger partial charge in [-0.15, -0.1) is 11.3 Å². The highest BCUT2D eigenvalue weighted by Crippen LogP contribution is 2.38. The molecule has 3 nitrogen and oxygen atoms in total. The van der Waals surface area contributed by atoms with E-state index in [9.17, 15) is 4.79 Å². The second-order valence-corrected chi connectivity index (χ2v) is 8.22. The van der Waals surface area contributed by atoms with Crippen LogP contribution in [-0.4, -0.2) is 41.9 Å². The maximum atomic E-state index is 13.2. The van der Waals surface area contributed by atoms with Crippen LogP contribution in [0.3, 0.4) is 0 Å². The van der Waals surface area contributed by atoms with Crippen LogP contribution in [0.5, 0.6) is 0 Å². The third-order valence-electron chi connectivity index (χ3n) is 5.42. The SMILES string of the molecule is CCN(CC(=O)N1CCc2sccc2C1c1ccccc1)CC1CC1. The van der Waals surface area contributed by atoms with Crippen LogP contribution in [0.25, 0.3) is 0 Å². The van der Waals surface area contributed by atoms with E-state index in [0.29, 0.717) is 6.54 Å². The van der Waals surface area contributed by atoms with Crippen LogP contribution in [0.1, 0.15) is 41.8 Å². The highest BCUT2D eigenvalue weighted by atomic mass is 32.1. The van der Waals surface area contributed by atoms with Crippen LogP contribution in [0.15, 0.2) is 41.8 Å². The average molecular weight is 355 g/mol. The van der Waals surface area contributed by atoms with Crippen molar-refractivity contribution in [3.8, 4) is 0 Å². The molecule has 1 atom stereocenters. The molecule has 25 heavy (non-hydrogen) atoms. The molecule has 1 aliphatic carbocycles. The predicted octanol–water partition coefficient (Wildman–Crippen LogP) is 3.95. The van der Waals surface area contributed by atoms with Crippen molar-refractivity contribution in [2.45, 2.75) is 32.2 Å². The van der Waals surface area contributed by atoms with Gasteiger partial charge in [0.15, 0.2) is 0 Å². The molecule has 4 rings (SSSR count). The van der Waals surface area contributed by atoms with E-state index in [-0.39, 0.29) is 11.9 Å². The topological polar surface area (TPSA) is 23.6 Å². The molecule has 1 fully saturated rings. The zero-order valence-corrected chi connectivity index (χ0v) is 15.7. The Hall–Kier alpha value is -1.65. The van der Waals surface area contributed by atoms with Gasteiger partial charge < -0.3 is 4.90 Å². The van der Waals surface area contributed by atoms with Crippen molar-refractivity contribution in [3.63, 3.8) is 0 Å². The summed E-state index contributed by atoms with van der Waals surface area (Å²) in [6.45, 7) is 5.58. The number of rotatable bonds is 6. The Morgan fingerprint density at radius 2 is 2.04 bits per heavy atom. The quantitative estimate of drug-likeness (QED) is 0.784. The number of fused-ring (bicyclic) bond motifs is 1. The molecule has 132 valence electrons. The second kappa shape index (κ2) is 7.30. The van der Waals surface area contributed by atoms with E-state index in [4.69, 9.17) is 0 Å². The van der Waals surface area contributed by atoms with Crippen molar-refractivity contribution < 1.29 is 4.79 Å². The Bertz CT molecular complexity index is 723. The number of hydrogen-bond acceptors (Lipinski definition) is 3. The molecule has 1 aromatic carbocycles. The van der Waals surface area contributed by atoms with Crippen LogP contribution in [0, 0.1) is 5.92 Å². The lowest BCUT2D eigenvalue weighted by Crippen LogP contribution is -2.45. The summed E-state index contributed by atoms with van der Waals surface area (Å²) in [5.41, 5.74) is 2.54. The first-order chi connectivity index (χ1) is 12.3. The van der Waals surface area contributed by atoms with Crippen LogP contribution < -0.4 is 0 Å². The van der Waals surface area contributed by atoms with Gasteiger partial charge in [-0.2, -0.15) is 0 Å². The van der Waals surface area contributed by atoms with Gasteiger partial charge in [0.25, 0.3) is 0 Å². The summed E-state index contributed by atoms with van der Waals surface area (Å²) >= 11 is 1.82. The number of nitrogens with zero attached hydrogens (tertiary/aromatic N) is 2. The number of thiophene rings is 1. The molecule has 4 heteroatoms. The molecule has 0 N–H and O–H groups in total. The van der Waals surface area contributed by atoms with Gasteiger partial charge in [-0.25, -0.2) is 0 Å².